The molecular weight excluding hydrogens is 526 g/mol. The van der Waals surface area contributed by atoms with E-state index in [1.165, 1.54) is 31.2 Å². The molecule has 2 unspecified atom stereocenters. The molecule has 5 heteroatoms. The monoisotopic (exact) mass is 557 g/mol. The van der Waals surface area contributed by atoms with Crippen LogP contribution in [0.2, 0.25) is 5.02 Å². The van der Waals surface area contributed by atoms with Gasteiger partial charge in [-0.1, -0.05) is 67.8 Å². The number of imidazole rings is 1. The van der Waals surface area contributed by atoms with E-state index in [0.717, 1.165) is 61.0 Å². The van der Waals surface area contributed by atoms with Gasteiger partial charge in [-0.15, -0.1) is 0 Å². The van der Waals surface area contributed by atoms with Gasteiger partial charge in [-0.05, 0) is 90.6 Å². The molecule has 6 aromatic rings. The third-order valence-electron chi connectivity index (χ3n) is 8.60. The number of para-hydroxylation sites is 2. The van der Waals surface area contributed by atoms with Crippen LogP contribution in [-0.2, 0) is 0 Å². The van der Waals surface area contributed by atoms with Gasteiger partial charge in [-0.25, -0.2) is 9.97 Å². The first kappa shape index (κ1) is 25.8. The van der Waals surface area contributed by atoms with Gasteiger partial charge in [0.2, 0.25) is 0 Å². The topological polar surface area (TPSA) is 39.9 Å². The van der Waals surface area contributed by atoms with E-state index >= 15 is 0 Å². The molecule has 0 aliphatic heterocycles. The summed E-state index contributed by atoms with van der Waals surface area (Å²) in [6.07, 6.45) is 5.05. The Hall–Kier alpha value is -4.15. The zero-order chi connectivity index (χ0) is 27.9. The number of benzene rings is 4. The molecule has 1 fully saturated rings. The summed E-state index contributed by atoms with van der Waals surface area (Å²) in [5, 5.41) is 1.81. The summed E-state index contributed by atoms with van der Waals surface area (Å²) in [4.78, 5) is 10.3. The van der Waals surface area contributed by atoms with Gasteiger partial charge in [0.25, 0.3) is 0 Å². The average molecular weight is 558 g/mol. The van der Waals surface area contributed by atoms with E-state index in [1.54, 1.807) is 7.11 Å². The Balaban J connectivity index is 1.33. The summed E-state index contributed by atoms with van der Waals surface area (Å²) in [6.45, 7) is 2.39. The maximum absolute atomic E-state index is 6.17. The second kappa shape index (κ2) is 10.7. The van der Waals surface area contributed by atoms with Crippen LogP contribution in [0.25, 0.3) is 55.7 Å². The van der Waals surface area contributed by atoms with Crippen molar-refractivity contribution >= 4 is 33.5 Å². The van der Waals surface area contributed by atoms with Gasteiger partial charge < -0.3 is 9.30 Å². The second-order valence-corrected chi connectivity index (χ2v) is 11.6. The molecule has 1 aliphatic carbocycles. The van der Waals surface area contributed by atoms with Gasteiger partial charge in [0, 0.05) is 27.6 Å². The van der Waals surface area contributed by atoms with E-state index in [4.69, 9.17) is 26.3 Å². The lowest BCUT2D eigenvalue weighted by molar-refractivity contribution is 0.264. The van der Waals surface area contributed by atoms with Crippen LogP contribution in [0, 0.1) is 5.92 Å². The van der Waals surface area contributed by atoms with E-state index in [2.05, 4.69) is 78.2 Å². The molecule has 0 N–H and O–H groups in total. The van der Waals surface area contributed by atoms with Crippen molar-refractivity contribution in [3.8, 4) is 39.5 Å². The molecule has 1 aliphatic rings. The van der Waals surface area contributed by atoms with Gasteiger partial charge in [-0.2, -0.15) is 0 Å². The predicted molar refractivity (Wildman–Crippen MR) is 170 cm³/mol. The maximum atomic E-state index is 6.17. The molecule has 0 radical (unpaired) electrons. The first-order valence-electron chi connectivity index (χ1n) is 14.4. The number of aromatic nitrogens is 3. The fourth-order valence-electron chi connectivity index (χ4n) is 6.42. The highest BCUT2D eigenvalue weighted by Gasteiger charge is 2.27. The standard InChI is InChI=1S/C36H32ClN3O/c1-23-7-3-5-9-34(23)40-35-10-6-4-8-33(35)39-36(40)26-14-19-31-25(21-26)13-20-32(38-31)30-22-28(41-2)17-18-29(30)24-11-15-27(37)16-12-24/h4,6,8,10-23,34H,3,5,7,9H2,1-2H3. The number of pyridine rings is 1. The molecule has 4 aromatic carbocycles. The third kappa shape index (κ3) is 4.76. The highest BCUT2D eigenvalue weighted by Crippen LogP contribution is 2.40. The zero-order valence-corrected chi connectivity index (χ0v) is 24.1. The molecule has 7 rings (SSSR count). The van der Waals surface area contributed by atoms with E-state index in [9.17, 15) is 0 Å². The second-order valence-electron chi connectivity index (χ2n) is 11.1. The molecule has 1 saturated carbocycles. The van der Waals surface area contributed by atoms with Crippen LogP contribution in [0.4, 0.5) is 0 Å². The van der Waals surface area contributed by atoms with Crippen LogP contribution in [0.1, 0.15) is 38.6 Å². The Morgan fingerprint density at radius 1 is 0.756 bits per heavy atom. The lowest BCUT2D eigenvalue weighted by atomic mass is 9.85. The summed E-state index contributed by atoms with van der Waals surface area (Å²) in [6, 6.07) is 33.9. The number of methoxy groups -OCH3 is 1. The minimum atomic E-state index is 0.460. The molecule has 0 bridgehead atoms. The van der Waals surface area contributed by atoms with E-state index in [-0.39, 0.29) is 0 Å². The first-order chi connectivity index (χ1) is 20.1. The summed E-state index contributed by atoms with van der Waals surface area (Å²) in [7, 11) is 1.69. The molecule has 2 aromatic heterocycles. The highest BCUT2D eigenvalue weighted by molar-refractivity contribution is 6.30. The van der Waals surface area contributed by atoms with Crippen molar-refractivity contribution in [2.24, 2.45) is 5.92 Å². The molecule has 0 spiro atoms. The fourth-order valence-corrected chi connectivity index (χ4v) is 6.55. The maximum Gasteiger partial charge on any atom is 0.141 e. The Bertz CT molecular complexity index is 1870. The molecule has 204 valence electrons. The minimum absolute atomic E-state index is 0.460. The molecule has 2 heterocycles. The van der Waals surface area contributed by atoms with Crippen molar-refractivity contribution in [3.05, 3.63) is 102 Å². The fraction of sp³-hybridized carbons (Fsp3) is 0.222. The largest absolute Gasteiger partial charge is 0.497 e. The van der Waals surface area contributed by atoms with Crippen LogP contribution < -0.4 is 4.74 Å². The van der Waals surface area contributed by atoms with E-state index in [1.807, 2.05) is 30.3 Å². The number of hydrogen-bond acceptors (Lipinski definition) is 3. The van der Waals surface area contributed by atoms with Crippen molar-refractivity contribution in [2.45, 2.75) is 38.6 Å². The quantitative estimate of drug-likeness (QED) is 0.212. The van der Waals surface area contributed by atoms with Crippen molar-refractivity contribution in [1.82, 2.24) is 14.5 Å². The number of rotatable bonds is 5. The smallest absolute Gasteiger partial charge is 0.141 e. The van der Waals surface area contributed by atoms with Gasteiger partial charge >= 0.3 is 0 Å². The van der Waals surface area contributed by atoms with Crippen molar-refractivity contribution < 1.29 is 4.74 Å². The third-order valence-corrected chi connectivity index (χ3v) is 8.85. The van der Waals surface area contributed by atoms with Gasteiger partial charge in [0.05, 0.1) is 29.4 Å². The lowest BCUT2D eigenvalue weighted by Crippen LogP contribution is -2.21. The SMILES string of the molecule is COc1ccc(-c2ccc(Cl)cc2)c(-c2ccc3cc(-c4nc5ccccc5n4C4CCCCC4C)ccc3n2)c1. The van der Waals surface area contributed by atoms with Crippen molar-refractivity contribution in [3.63, 3.8) is 0 Å². The molecular formula is C36H32ClN3O. The molecule has 4 nitrogen and oxygen atoms in total. The number of nitrogens with zero attached hydrogens (tertiary/aromatic N) is 3. The first-order valence-corrected chi connectivity index (χ1v) is 14.8. The van der Waals surface area contributed by atoms with Gasteiger partial charge in [0.1, 0.15) is 11.6 Å². The van der Waals surface area contributed by atoms with E-state index < -0.39 is 0 Å². The Morgan fingerprint density at radius 3 is 2.39 bits per heavy atom. The number of ether oxygens (including phenoxy) is 1. The van der Waals surface area contributed by atoms with Crippen LogP contribution in [0.15, 0.2) is 97.1 Å². The Labute approximate surface area is 245 Å². The summed E-state index contributed by atoms with van der Waals surface area (Å²) in [5.74, 6) is 2.47. The summed E-state index contributed by atoms with van der Waals surface area (Å²) in [5.41, 5.74) is 8.45. The Kier molecular flexibility index (Phi) is 6.72. The molecule has 2 atom stereocenters. The minimum Gasteiger partial charge on any atom is -0.497 e. The van der Waals surface area contributed by atoms with Crippen LogP contribution in [-0.4, -0.2) is 21.6 Å². The average Bonchev–Trinajstić information content (AvgIpc) is 3.40. The molecule has 0 amide bonds. The van der Waals surface area contributed by atoms with Crippen LogP contribution >= 0.6 is 11.6 Å². The van der Waals surface area contributed by atoms with Crippen LogP contribution in [0.3, 0.4) is 0 Å². The summed E-state index contributed by atoms with van der Waals surface area (Å²) >= 11 is 6.17. The predicted octanol–water partition coefficient (Wildman–Crippen LogP) is 10.00. The summed E-state index contributed by atoms with van der Waals surface area (Å²) < 4.78 is 8.08. The number of fused-ring (bicyclic) bond motifs is 2. The number of hydrogen-bond donors (Lipinski definition) is 0. The van der Waals surface area contributed by atoms with Crippen molar-refractivity contribution in [1.29, 1.82) is 0 Å². The zero-order valence-electron chi connectivity index (χ0n) is 23.3. The lowest BCUT2D eigenvalue weighted by Gasteiger charge is -2.31. The number of halogens is 1. The molecule has 41 heavy (non-hydrogen) atoms. The normalized spacial score (nSPS) is 17.2. The van der Waals surface area contributed by atoms with E-state index in [0.29, 0.717) is 12.0 Å². The molecule has 0 saturated heterocycles. The highest BCUT2D eigenvalue weighted by atomic mass is 35.5. The van der Waals surface area contributed by atoms with Gasteiger partial charge in [0.15, 0.2) is 0 Å². The van der Waals surface area contributed by atoms with Crippen LogP contribution in [0.5, 0.6) is 5.75 Å². The van der Waals surface area contributed by atoms with Gasteiger partial charge in [-0.3, -0.25) is 0 Å². The Morgan fingerprint density at radius 2 is 1.56 bits per heavy atom. The van der Waals surface area contributed by atoms with Crippen molar-refractivity contribution in [2.75, 3.05) is 7.11 Å².